The van der Waals surface area contributed by atoms with Gasteiger partial charge in [0.15, 0.2) is 0 Å². The monoisotopic (exact) mass is 394 g/mol. The molecule has 3 rings (SSSR count). The number of piperazine rings is 1. The summed E-state index contributed by atoms with van der Waals surface area (Å²) in [5.74, 6) is -0.123. The summed E-state index contributed by atoms with van der Waals surface area (Å²) in [6, 6.07) is 15.3. The van der Waals surface area contributed by atoms with Gasteiger partial charge >= 0.3 is 6.03 Å². The first-order valence-electron chi connectivity index (χ1n) is 10.0. The number of nitrogens with zero attached hydrogens (tertiary/aromatic N) is 2. The molecule has 6 nitrogen and oxygen atoms in total. The van der Waals surface area contributed by atoms with E-state index >= 15 is 0 Å². The van der Waals surface area contributed by atoms with Crippen LogP contribution in [0.5, 0.6) is 0 Å². The molecule has 3 amide bonds. The van der Waals surface area contributed by atoms with Crippen LogP contribution in [0.4, 0.5) is 16.2 Å². The zero-order valence-corrected chi connectivity index (χ0v) is 17.7. The fourth-order valence-electron chi connectivity index (χ4n) is 3.31. The maximum absolute atomic E-state index is 12.6. The van der Waals surface area contributed by atoms with Crippen LogP contribution in [-0.2, 0) is 0 Å². The highest BCUT2D eigenvalue weighted by atomic mass is 16.2. The Morgan fingerprint density at radius 1 is 0.931 bits per heavy atom. The van der Waals surface area contributed by atoms with Crippen molar-refractivity contribution in [3.05, 3.63) is 59.7 Å². The standard InChI is InChI=1S/C23H30N4O2/c1-17-6-5-7-20(16-17)26-12-14-27(15-13-26)22(29)24-19-10-8-18(9-11-19)21(28)25-23(2,3)4/h5-11,16H,12-15H2,1-4H3,(H,24,29)(H,25,28). The lowest BCUT2D eigenvalue weighted by Gasteiger charge is -2.36. The van der Waals surface area contributed by atoms with Gasteiger partial charge < -0.3 is 20.4 Å². The zero-order valence-electron chi connectivity index (χ0n) is 17.7. The van der Waals surface area contributed by atoms with E-state index in [1.54, 1.807) is 24.3 Å². The first-order valence-corrected chi connectivity index (χ1v) is 10.0. The molecule has 0 atom stereocenters. The van der Waals surface area contributed by atoms with E-state index in [1.165, 1.54) is 11.3 Å². The quantitative estimate of drug-likeness (QED) is 0.830. The average molecular weight is 395 g/mol. The minimum atomic E-state index is -0.287. The van der Waals surface area contributed by atoms with E-state index in [9.17, 15) is 9.59 Å². The molecule has 154 valence electrons. The molecule has 1 aliphatic rings. The number of benzene rings is 2. The SMILES string of the molecule is Cc1cccc(N2CCN(C(=O)Nc3ccc(C(=O)NC(C)(C)C)cc3)CC2)c1. The van der Waals surface area contributed by atoms with Gasteiger partial charge in [-0.1, -0.05) is 12.1 Å². The van der Waals surface area contributed by atoms with Crippen molar-refractivity contribution in [1.82, 2.24) is 10.2 Å². The smallest absolute Gasteiger partial charge is 0.321 e. The van der Waals surface area contributed by atoms with Crippen molar-refractivity contribution in [3.63, 3.8) is 0 Å². The van der Waals surface area contributed by atoms with Crippen LogP contribution in [0.2, 0.25) is 0 Å². The van der Waals surface area contributed by atoms with Gasteiger partial charge in [0.2, 0.25) is 0 Å². The molecule has 2 aromatic carbocycles. The molecule has 29 heavy (non-hydrogen) atoms. The van der Waals surface area contributed by atoms with Crippen molar-refractivity contribution in [2.24, 2.45) is 0 Å². The topological polar surface area (TPSA) is 64.7 Å². The first kappa shape index (κ1) is 20.7. The van der Waals surface area contributed by atoms with Gasteiger partial charge in [-0.05, 0) is 69.7 Å². The van der Waals surface area contributed by atoms with Crippen LogP contribution in [-0.4, -0.2) is 48.6 Å². The molecule has 1 heterocycles. The Bertz CT molecular complexity index is 863. The summed E-state index contributed by atoms with van der Waals surface area (Å²) < 4.78 is 0. The molecular weight excluding hydrogens is 364 g/mol. The Morgan fingerprint density at radius 3 is 2.17 bits per heavy atom. The van der Waals surface area contributed by atoms with E-state index in [0.29, 0.717) is 24.3 Å². The van der Waals surface area contributed by atoms with Crippen molar-refractivity contribution in [1.29, 1.82) is 0 Å². The third kappa shape index (κ3) is 5.73. The lowest BCUT2D eigenvalue weighted by Crippen LogP contribution is -2.50. The molecule has 0 aliphatic carbocycles. The number of anilines is 2. The minimum Gasteiger partial charge on any atom is -0.368 e. The van der Waals surface area contributed by atoms with Crippen LogP contribution in [0.3, 0.4) is 0 Å². The van der Waals surface area contributed by atoms with Crippen molar-refractivity contribution < 1.29 is 9.59 Å². The van der Waals surface area contributed by atoms with Crippen molar-refractivity contribution >= 4 is 23.3 Å². The van der Waals surface area contributed by atoms with Gasteiger partial charge in [-0.25, -0.2) is 4.79 Å². The van der Waals surface area contributed by atoms with Gasteiger partial charge in [0.25, 0.3) is 5.91 Å². The molecule has 1 fully saturated rings. The number of carbonyl (C=O) groups is 2. The number of amides is 3. The second-order valence-electron chi connectivity index (χ2n) is 8.52. The van der Waals surface area contributed by atoms with E-state index in [0.717, 1.165) is 13.1 Å². The van der Waals surface area contributed by atoms with Crippen molar-refractivity contribution in [2.75, 3.05) is 36.4 Å². The Morgan fingerprint density at radius 2 is 1.59 bits per heavy atom. The van der Waals surface area contributed by atoms with E-state index in [1.807, 2.05) is 25.7 Å². The minimum absolute atomic E-state index is 0.110. The average Bonchev–Trinajstić information content (AvgIpc) is 2.67. The van der Waals surface area contributed by atoms with Gasteiger partial charge in [-0.2, -0.15) is 0 Å². The fraction of sp³-hybridized carbons (Fsp3) is 0.391. The van der Waals surface area contributed by atoms with Gasteiger partial charge in [0, 0.05) is 48.7 Å². The molecule has 0 spiro atoms. The number of rotatable bonds is 3. The highest BCUT2D eigenvalue weighted by Crippen LogP contribution is 2.18. The molecule has 2 aromatic rings. The van der Waals surface area contributed by atoms with E-state index in [-0.39, 0.29) is 17.5 Å². The summed E-state index contributed by atoms with van der Waals surface area (Å²) in [5, 5.41) is 5.86. The van der Waals surface area contributed by atoms with E-state index in [4.69, 9.17) is 0 Å². The Balaban J connectivity index is 1.52. The number of nitrogens with one attached hydrogen (secondary N) is 2. The van der Waals surface area contributed by atoms with Gasteiger partial charge in [0.05, 0.1) is 0 Å². The summed E-state index contributed by atoms with van der Waals surface area (Å²) in [7, 11) is 0. The number of carbonyl (C=O) groups excluding carboxylic acids is 2. The molecule has 1 aliphatic heterocycles. The summed E-state index contributed by atoms with van der Waals surface area (Å²) >= 11 is 0. The maximum Gasteiger partial charge on any atom is 0.321 e. The van der Waals surface area contributed by atoms with Gasteiger partial charge in [0.1, 0.15) is 0 Å². The van der Waals surface area contributed by atoms with Crippen molar-refractivity contribution in [2.45, 2.75) is 33.2 Å². The summed E-state index contributed by atoms with van der Waals surface area (Å²) in [4.78, 5) is 28.9. The normalized spacial score (nSPS) is 14.5. The molecule has 0 aromatic heterocycles. The van der Waals surface area contributed by atoms with Gasteiger partial charge in [-0.3, -0.25) is 4.79 Å². The first-order chi connectivity index (χ1) is 13.7. The van der Waals surface area contributed by atoms with Crippen LogP contribution >= 0.6 is 0 Å². The molecule has 0 unspecified atom stereocenters. The van der Waals surface area contributed by atoms with Crippen LogP contribution in [0.1, 0.15) is 36.7 Å². The lowest BCUT2D eigenvalue weighted by atomic mass is 10.1. The predicted molar refractivity (Wildman–Crippen MR) is 118 cm³/mol. The van der Waals surface area contributed by atoms with Crippen LogP contribution in [0.25, 0.3) is 0 Å². The molecule has 1 saturated heterocycles. The highest BCUT2D eigenvalue weighted by Gasteiger charge is 2.21. The van der Waals surface area contributed by atoms with Crippen LogP contribution < -0.4 is 15.5 Å². The molecule has 6 heteroatoms. The third-order valence-electron chi connectivity index (χ3n) is 4.82. The Hall–Kier alpha value is -3.02. The summed E-state index contributed by atoms with van der Waals surface area (Å²) in [5.41, 5.74) is 3.41. The third-order valence-corrected chi connectivity index (χ3v) is 4.82. The number of aryl methyl sites for hydroxylation is 1. The molecule has 0 bridgehead atoms. The number of urea groups is 1. The lowest BCUT2D eigenvalue weighted by molar-refractivity contribution is 0.0919. The Labute approximate surface area is 172 Å². The fourth-order valence-corrected chi connectivity index (χ4v) is 3.31. The maximum atomic E-state index is 12.6. The van der Waals surface area contributed by atoms with E-state index < -0.39 is 0 Å². The highest BCUT2D eigenvalue weighted by molar-refractivity contribution is 5.96. The molecule has 0 saturated carbocycles. The molecule has 2 N–H and O–H groups in total. The second kappa shape index (κ2) is 8.55. The van der Waals surface area contributed by atoms with Crippen LogP contribution in [0.15, 0.2) is 48.5 Å². The second-order valence-corrected chi connectivity index (χ2v) is 8.52. The predicted octanol–water partition coefficient (Wildman–Crippen LogP) is 3.88. The van der Waals surface area contributed by atoms with E-state index in [2.05, 4.69) is 46.7 Å². The summed E-state index contributed by atoms with van der Waals surface area (Å²) in [6.45, 7) is 10.9. The molecule has 0 radical (unpaired) electrons. The largest absolute Gasteiger partial charge is 0.368 e. The number of hydrogen-bond donors (Lipinski definition) is 2. The number of hydrogen-bond acceptors (Lipinski definition) is 3. The summed E-state index contributed by atoms with van der Waals surface area (Å²) in [6.07, 6.45) is 0. The van der Waals surface area contributed by atoms with Crippen LogP contribution in [0, 0.1) is 6.92 Å². The molecular formula is C23H30N4O2. The van der Waals surface area contributed by atoms with Crippen molar-refractivity contribution in [3.8, 4) is 0 Å². The van der Waals surface area contributed by atoms with Gasteiger partial charge in [-0.15, -0.1) is 0 Å². The zero-order chi connectivity index (χ0) is 21.0. The Kier molecular flexibility index (Phi) is 6.11.